The lowest BCUT2D eigenvalue weighted by Gasteiger charge is -2.24. The molecule has 18 heavy (non-hydrogen) atoms. The average Bonchev–Trinajstić information content (AvgIpc) is 2.66. The molecule has 1 amide bonds. The van der Waals surface area contributed by atoms with Gasteiger partial charge in [0.25, 0.3) is 0 Å². The number of amides is 1. The lowest BCUT2D eigenvalue weighted by Crippen LogP contribution is -2.34. The Morgan fingerprint density at radius 1 is 1.50 bits per heavy atom. The first-order valence-electron chi connectivity index (χ1n) is 5.52. The molecule has 0 unspecified atom stereocenters. The van der Waals surface area contributed by atoms with Gasteiger partial charge >= 0.3 is 6.09 Å². The first kappa shape index (κ1) is 11.5. The molecular weight excluding hydrogens is 303 g/mol. The Bertz CT molecular complexity index is 653. The number of carbonyl (C=O) groups is 1. The Hall–Kier alpha value is -1.56. The van der Waals surface area contributed by atoms with Gasteiger partial charge in [-0.25, -0.2) is 9.18 Å². The second kappa shape index (κ2) is 3.98. The highest BCUT2D eigenvalue weighted by Crippen LogP contribution is 2.30. The van der Waals surface area contributed by atoms with Crippen molar-refractivity contribution in [3.63, 3.8) is 0 Å². The van der Waals surface area contributed by atoms with Crippen molar-refractivity contribution < 1.29 is 14.3 Å². The molecular formula is C12H10BrFN2O2. The van der Waals surface area contributed by atoms with E-state index < -0.39 is 6.09 Å². The molecule has 0 radical (unpaired) electrons. The molecule has 0 spiro atoms. The summed E-state index contributed by atoms with van der Waals surface area (Å²) < 4.78 is 13.9. The number of aromatic amines is 1. The number of nitrogens with one attached hydrogen (secondary N) is 1. The van der Waals surface area contributed by atoms with Gasteiger partial charge in [0.2, 0.25) is 0 Å². The quantitative estimate of drug-likeness (QED) is 0.785. The molecule has 0 saturated heterocycles. The van der Waals surface area contributed by atoms with Crippen LogP contribution in [0, 0.1) is 5.82 Å². The number of nitrogens with zero attached hydrogens (tertiary/aromatic N) is 1. The van der Waals surface area contributed by atoms with Crippen LogP contribution in [0.1, 0.15) is 11.3 Å². The Balaban J connectivity index is 2.13. The van der Waals surface area contributed by atoms with Crippen LogP contribution in [0.3, 0.4) is 0 Å². The van der Waals surface area contributed by atoms with Gasteiger partial charge in [-0.1, -0.05) is 0 Å². The summed E-state index contributed by atoms with van der Waals surface area (Å²) in [4.78, 5) is 15.4. The zero-order valence-corrected chi connectivity index (χ0v) is 10.9. The molecule has 0 atom stereocenters. The van der Waals surface area contributed by atoms with E-state index in [1.807, 2.05) is 0 Å². The largest absolute Gasteiger partial charge is 0.465 e. The fourth-order valence-corrected chi connectivity index (χ4v) is 2.74. The summed E-state index contributed by atoms with van der Waals surface area (Å²) in [6.07, 6.45) is -0.311. The van der Waals surface area contributed by atoms with Crippen LogP contribution in [0.15, 0.2) is 16.6 Å². The van der Waals surface area contributed by atoms with Crippen LogP contribution in [0.25, 0.3) is 10.9 Å². The fourth-order valence-electron chi connectivity index (χ4n) is 2.40. The molecule has 4 nitrogen and oxygen atoms in total. The van der Waals surface area contributed by atoms with E-state index in [0.29, 0.717) is 24.0 Å². The monoisotopic (exact) mass is 312 g/mol. The molecule has 6 heteroatoms. The summed E-state index contributed by atoms with van der Waals surface area (Å²) in [6.45, 7) is 0.783. The third kappa shape index (κ3) is 1.68. The van der Waals surface area contributed by atoms with E-state index in [1.54, 1.807) is 6.07 Å². The third-order valence-electron chi connectivity index (χ3n) is 3.29. The van der Waals surface area contributed by atoms with E-state index in [1.165, 1.54) is 11.0 Å². The number of H-pyrrole nitrogens is 1. The Labute approximate surface area is 111 Å². The summed E-state index contributed by atoms with van der Waals surface area (Å²) >= 11 is 3.15. The lowest BCUT2D eigenvalue weighted by atomic mass is 10.0. The van der Waals surface area contributed by atoms with Crippen molar-refractivity contribution in [2.24, 2.45) is 0 Å². The molecule has 94 valence electrons. The maximum atomic E-state index is 13.5. The molecule has 0 bridgehead atoms. The van der Waals surface area contributed by atoms with Gasteiger partial charge in [-0.3, -0.25) is 0 Å². The zero-order chi connectivity index (χ0) is 12.9. The number of fused-ring (bicyclic) bond motifs is 3. The van der Waals surface area contributed by atoms with E-state index in [4.69, 9.17) is 5.11 Å². The van der Waals surface area contributed by atoms with E-state index in [0.717, 1.165) is 22.2 Å². The van der Waals surface area contributed by atoms with Crippen molar-refractivity contribution >= 4 is 32.9 Å². The molecule has 2 heterocycles. The number of aromatic nitrogens is 1. The molecule has 1 aliphatic heterocycles. The minimum absolute atomic E-state index is 0.301. The lowest BCUT2D eigenvalue weighted by molar-refractivity contribution is 0.139. The van der Waals surface area contributed by atoms with Crippen molar-refractivity contribution in [2.75, 3.05) is 6.54 Å². The van der Waals surface area contributed by atoms with Gasteiger partial charge in [-0.2, -0.15) is 0 Å². The first-order valence-corrected chi connectivity index (χ1v) is 6.32. The molecule has 1 aromatic heterocycles. The van der Waals surface area contributed by atoms with Gasteiger partial charge in [0.05, 0.1) is 11.0 Å². The second-order valence-corrected chi connectivity index (χ2v) is 5.20. The van der Waals surface area contributed by atoms with Gasteiger partial charge in [-0.05, 0) is 40.0 Å². The summed E-state index contributed by atoms with van der Waals surface area (Å²) in [6, 6.07) is 3.18. The minimum Gasteiger partial charge on any atom is -0.465 e. The predicted molar refractivity (Wildman–Crippen MR) is 68.1 cm³/mol. The molecule has 0 aliphatic carbocycles. The Kier molecular flexibility index (Phi) is 2.55. The van der Waals surface area contributed by atoms with Gasteiger partial charge in [0.1, 0.15) is 5.82 Å². The standard InChI is InChI=1S/C12H10BrFN2O2/c13-8-4-10-7(3-9(8)14)6-1-2-16(12(17)18)5-11(6)15-10/h3-4,15H,1-2,5H2,(H,17,18). The van der Waals surface area contributed by atoms with Crippen molar-refractivity contribution in [3.8, 4) is 0 Å². The van der Waals surface area contributed by atoms with Crippen LogP contribution in [0.5, 0.6) is 0 Å². The first-order chi connectivity index (χ1) is 8.56. The number of hydrogen-bond acceptors (Lipinski definition) is 1. The fraction of sp³-hybridized carbons (Fsp3) is 0.250. The number of carboxylic acid groups (broad SMARTS) is 1. The molecule has 0 fully saturated rings. The smallest absolute Gasteiger partial charge is 0.407 e. The molecule has 2 N–H and O–H groups in total. The molecule has 3 rings (SSSR count). The number of rotatable bonds is 0. The van der Waals surface area contributed by atoms with Crippen LogP contribution in [0.2, 0.25) is 0 Å². The van der Waals surface area contributed by atoms with Crippen LogP contribution >= 0.6 is 15.9 Å². The van der Waals surface area contributed by atoms with E-state index in [2.05, 4.69) is 20.9 Å². The van der Waals surface area contributed by atoms with Gasteiger partial charge in [0.15, 0.2) is 0 Å². The zero-order valence-electron chi connectivity index (χ0n) is 9.33. The molecule has 2 aromatic rings. The summed E-state index contributed by atoms with van der Waals surface area (Å²) in [5.74, 6) is -0.301. The average molecular weight is 313 g/mol. The molecule has 1 aliphatic rings. The normalized spacial score (nSPS) is 14.9. The predicted octanol–water partition coefficient (Wildman–Crippen LogP) is 3.11. The molecule has 1 aromatic carbocycles. The summed E-state index contributed by atoms with van der Waals surface area (Å²) in [5.41, 5.74) is 2.71. The highest BCUT2D eigenvalue weighted by Gasteiger charge is 2.23. The maximum Gasteiger partial charge on any atom is 0.407 e. The molecule has 0 saturated carbocycles. The van der Waals surface area contributed by atoms with Crippen molar-refractivity contribution in [1.82, 2.24) is 9.88 Å². The second-order valence-electron chi connectivity index (χ2n) is 4.35. The maximum absolute atomic E-state index is 13.5. The van der Waals surface area contributed by atoms with Crippen LogP contribution < -0.4 is 0 Å². The van der Waals surface area contributed by atoms with E-state index >= 15 is 0 Å². The Morgan fingerprint density at radius 2 is 2.28 bits per heavy atom. The minimum atomic E-state index is -0.924. The van der Waals surface area contributed by atoms with E-state index in [-0.39, 0.29) is 5.82 Å². The Morgan fingerprint density at radius 3 is 3.00 bits per heavy atom. The van der Waals surface area contributed by atoms with Crippen LogP contribution in [-0.4, -0.2) is 27.6 Å². The van der Waals surface area contributed by atoms with Crippen LogP contribution in [0.4, 0.5) is 9.18 Å². The third-order valence-corrected chi connectivity index (χ3v) is 3.89. The van der Waals surface area contributed by atoms with Crippen molar-refractivity contribution in [1.29, 1.82) is 0 Å². The van der Waals surface area contributed by atoms with Crippen molar-refractivity contribution in [3.05, 3.63) is 33.7 Å². The summed E-state index contributed by atoms with van der Waals surface area (Å²) in [5, 5.41) is 9.81. The van der Waals surface area contributed by atoms with Crippen molar-refractivity contribution in [2.45, 2.75) is 13.0 Å². The number of hydrogen-bond donors (Lipinski definition) is 2. The number of halogens is 2. The van der Waals surface area contributed by atoms with Gasteiger partial charge in [0, 0.05) is 23.1 Å². The van der Waals surface area contributed by atoms with E-state index in [9.17, 15) is 9.18 Å². The van der Waals surface area contributed by atoms with Crippen LogP contribution in [-0.2, 0) is 13.0 Å². The highest BCUT2D eigenvalue weighted by molar-refractivity contribution is 9.10. The van der Waals surface area contributed by atoms with Gasteiger partial charge < -0.3 is 15.0 Å². The SMILES string of the molecule is O=C(O)N1CCc2c([nH]c3cc(Br)c(F)cc23)C1. The van der Waals surface area contributed by atoms with Gasteiger partial charge in [-0.15, -0.1) is 0 Å². The topological polar surface area (TPSA) is 56.3 Å². The summed E-state index contributed by atoms with van der Waals surface area (Å²) in [7, 11) is 0. The highest BCUT2D eigenvalue weighted by atomic mass is 79.9. The number of benzene rings is 1.